The Morgan fingerprint density at radius 3 is 2.75 bits per heavy atom. The van der Waals surface area contributed by atoms with Crippen LogP contribution in [-0.2, 0) is 11.2 Å². The molecule has 1 aromatic heterocycles. The fourth-order valence-corrected chi connectivity index (χ4v) is 1.77. The number of aromatic nitrogens is 1. The van der Waals surface area contributed by atoms with Gasteiger partial charge in [-0.3, -0.25) is 10.2 Å². The van der Waals surface area contributed by atoms with Gasteiger partial charge in [-0.25, -0.2) is 10.8 Å². The highest BCUT2D eigenvalue weighted by Crippen LogP contribution is 2.16. The van der Waals surface area contributed by atoms with Gasteiger partial charge in [0.2, 0.25) is 5.91 Å². The summed E-state index contributed by atoms with van der Waals surface area (Å²) in [7, 11) is 0. The monoisotopic (exact) mass is 185 g/mol. The predicted molar refractivity (Wildman–Crippen MR) is 47.6 cm³/mol. The summed E-state index contributed by atoms with van der Waals surface area (Å²) in [5.41, 5.74) is 2.90. The first-order valence-electron chi connectivity index (χ1n) is 3.56. The number of aryl methyl sites for hydroxylation is 2. The lowest BCUT2D eigenvalue weighted by Gasteiger charge is -1.96. The highest BCUT2D eigenvalue weighted by molar-refractivity contribution is 7.11. The molecule has 66 valence electrons. The first kappa shape index (κ1) is 9.15. The number of hydrogen-bond donors (Lipinski definition) is 2. The van der Waals surface area contributed by atoms with Gasteiger partial charge in [0, 0.05) is 4.88 Å². The van der Waals surface area contributed by atoms with Crippen LogP contribution in [0.2, 0.25) is 0 Å². The summed E-state index contributed by atoms with van der Waals surface area (Å²) < 4.78 is 0. The molecular formula is C7H11N3OS. The number of thiazole rings is 1. The number of rotatable bonds is 2. The quantitative estimate of drug-likeness (QED) is 0.395. The smallest absolute Gasteiger partial charge is 0.239 e. The third-order valence-corrected chi connectivity index (χ3v) is 2.42. The van der Waals surface area contributed by atoms with Gasteiger partial charge < -0.3 is 0 Å². The van der Waals surface area contributed by atoms with Crippen LogP contribution >= 0.6 is 11.3 Å². The molecule has 1 amide bonds. The number of nitrogens with two attached hydrogens (primary N) is 1. The summed E-state index contributed by atoms with van der Waals surface area (Å²) in [4.78, 5) is 16.2. The average Bonchev–Trinajstić information content (AvgIpc) is 2.30. The summed E-state index contributed by atoms with van der Waals surface area (Å²) in [6.07, 6.45) is 0.271. The summed E-state index contributed by atoms with van der Waals surface area (Å²) in [5, 5.41) is 0.979. The Hall–Kier alpha value is -0.940. The van der Waals surface area contributed by atoms with Gasteiger partial charge in [-0.2, -0.15) is 0 Å². The Morgan fingerprint density at radius 2 is 2.33 bits per heavy atom. The van der Waals surface area contributed by atoms with Crippen molar-refractivity contribution in [3.63, 3.8) is 0 Å². The molecule has 0 aliphatic heterocycles. The first-order chi connectivity index (χ1) is 5.63. The fraction of sp³-hybridized carbons (Fsp3) is 0.429. The highest BCUT2D eigenvalue weighted by Gasteiger charge is 2.08. The predicted octanol–water partition coefficient (Wildman–Crippen LogP) is 0.292. The molecule has 12 heavy (non-hydrogen) atoms. The van der Waals surface area contributed by atoms with Gasteiger partial charge in [0.15, 0.2) is 0 Å². The number of hydrogen-bond acceptors (Lipinski definition) is 4. The van der Waals surface area contributed by atoms with Crippen LogP contribution in [-0.4, -0.2) is 10.9 Å². The molecule has 0 atom stereocenters. The van der Waals surface area contributed by atoms with Crippen molar-refractivity contribution in [2.45, 2.75) is 20.3 Å². The molecule has 3 N–H and O–H groups in total. The Kier molecular flexibility index (Phi) is 2.78. The Morgan fingerprint density at radius 1 is 1.67 bits per heavy atom. The molecule has 0 aromatic carbocycles. The van der Waals surface area contributed by atoms with Crippen LogP contribution in [0.25, 0.3) is 0 Å². The maximum Gasteiger partial charge on any atom is 0.239 e. The van der Waals surface area contributed by atoms with Crippen LogP contribution in [0.15, 0.2) is 0 Å². The van der Waals surface area contributed by atoms with Crippen LogP contribution in [0, 0.1) is 13.8 Å². The van der Waals surface area contributed by atoms with Crippen molar-refractivity contribution in [2.24, 2.45) is 5.84 Å². The maximum absolute atomic E-state index is 10.9. The molecule has 1 rings (SSSR count). The maximum atomic E-state index is 10.9. The molecule has 0 unspecified atom stereocenters. The lowest BCUT2D eigenvalue weighted by Crippen LogP contribution is -2.31. The second-order valence-electron chi connectivity index (χ2n) is 2.48. The van der Waals surface area contributed by atoms with Gasteiger partial charge in [-0.15, -0.1) is 11.3 Å². The van der Waals surface area contributed by atoms with E-state index in [1.807, 2.05) is 13.8 Å². The first-order valence-corrected chi connectivity index (χ1v) is 4.37. The highest BCUT2D eigenvalue weighted by atomic mass is 32.1. The number of nitrogens with zero attached hydrogens (tertiary/aromatic N) is 1. The molecule has 0 radical (unpaired) electrons. The normalized spacial score (nSPS) is 9.92. The molecule has 0 saturated heterocycles. The van der Waals surface area contributed by atoms with Gasteiger partial charge in [0.05, 0.1) is 17.1 Å². The van der Waals surface area contributed by atoms with E-state index in [2.05, 4.69) is 10.4 Å². The third-order valence-electron chi connectivity index (χ3n) is 1.49. The van der Waals surface area contributed by atoms with E-state index in [4.69, 9.17) is 5.84 Å². The zero-order chi connectivity index (χ0) is 9.14. The van der Waals surface area contributed by atoms with Crippen LogP contribution in [0.5, 0.6) is 0 Å². The van der Waals surface area contributed by atoms with Crippen LogP contribution in [0.4, 0.5) is 0 Å². The van der Waals surface area contributed by atoms with Gasteiger partial charge in [0.1, 0.15) is 0 Å². The zero-order valence-electron chi connectivity index (χ0n) is 7.05. The molecule has 0 fully saturated rings. The van der Waals surface area contributed by atoms with Crippen molar-refractivity contribution in [1.29, 1.82) is 0 Å². The lowest BCUT2D eigenvalue weighted by molar-refractivity contribution is -0.120. The number of hydrazine groups is 1. The van der Waals surface area contributed by atoms with Crippen molar-refractivity contribution in [2.75, 3.05) is 0 Å². The van der Waals surface area contributed by atoms with E-state index in [1.165, 1.54) is 0 Å². The minimum atomic E-state index is -0.205. The lowest BCUT2D eigenvalue weighted by atomic mass is 10.3. The minimum absolute atomic E-state index is 0.205. The SMILES string of the molecule is Cc1nc(CC(=O)NN)c(C)s1. The molecule has 0 saturated carbocycles. The molecule has 0 bridgehead atoms. The zero-order valence-corrected chi connectivity index (χ0v) is 7.86. The van der Waals surface area contributed by atoms with Crippen LogP contribution < -0.4 is 11.3 Å². The van der Waals surface area contributed by atoms with Crippen molar-refractivity contribution in [1.82, 2.24) is 10.4 Å². The summed E-state index contributed by atoms with van der Waals surface area (Å²) in [6, 6.07) is 0. The molecule has 4 nitrogen and oxygen atoms in total. The largest absolute Gasteiger partial charge is 0.294 e. The summed E-state index contributed by atoms with van der Waals surface area (Å²) >= 11 is 1.59. The van der Waals surface area contributed by atoms with Crippen LogP contribution in [0.3, 0.4) is 0 Å². The number of carbonyl (C=O) groups excluding carboxylic acids is 1. The Balaban J connectivity index is 2.75. The molecule has 0 spiro atoms. The molecule has 5 heteroatoms. The van der Waals surface area contributed by atoms with Gasteiger partial charge in [0.25, 0.3) is 0 Å². The topological polar surface area (TPSA) is 68.0 Å². The molecule has 0 aliphatic carbocycles. The summed E-state index contributed by atoms with van der Waals surface area (Å²) in [6.45, 7) is 3.87. The standard InChI is InChI=1S/C7H11N3OS/c1-4-6(3-7(11)10-8)9-5(2)12-4/h3,8H2,1-2H3,(H,10,11). The van der Waals surface area contributed by atoms with E-state index in [0.717, 1.165) is 15.6 Å². The van der Waals surface area contributed by atoms with Crippen molar-refractivity contribution in [3.8, 4) is 0 Å². The van der Waals surface area contributed by atoms with E-state index in [9.17, 15) is 4.79 Å². The number of nitrogens with one attached hydrogen (secondary N) is 1. The van der Waals surface area contributed by atoms with Gasteiger partial charge >= 0.3 is 0 Å². The molecule has 0 aliphatic rings. The number of amides is 1. The fourth-order valence-electron chi connectivity index (χ4n) is 0.939. The van der Waals surface area contributed by atoms with E-state index >= 15 is 0 Å². The van der Waals surface area contributed by atoms with E-state index in [0.29, 0.717) is 0 Å². The van der Waals surface area contributed by atoms with Crippen molar-refractivity contribution < 1.29 is 4.79 Å². The molecular weight excluding hydrogens is 174 g/mol. The van der Waals surface area contributed by atoms with Crippen molar-refractivity contribution >= 4 is 17.2 Å². The average molecular weight is 185 g/mol. The Bertz CT molecular complexity index is 295. The van der Waals surface area contributed by atoms with Crippen LogP contribution in [0.1, 0.15) is 15.6 Å². The van der Waals surface area contributed by atoms with Gasteiger partial charge in [-0.1, -0.05) is 0 Å². The van der Waals surface area contributed by atoms with E-state index in [1.54, 1.807) is 11.3 Å². The molecule has 1 heterocycles. The summed E-state index contributed by atoms with van der Waals surface area (Å²) in [5.74, 6) is 4.75. The van der Waals surface area contributed by atoms with E-state index in [-0.39, 0.29) is 12.3 Å². The second kappa shape index (κ2) is 3.64. The van der Waals surface area contributed by atoms with Gasteiger partial charge in [-0.05, 0) is 13.8 Å². The minimum Gasteiger partial charge on any atom is -0.294 e. The third kappa shape index (κ3) is 2.02. The Labute approximate surface area is 74.8 Å². The molecule has 1 aromatic rings. The number of carbonyl (C=O) groups is 1. The van der Waals surface area contributed by atoms with E-state index < -0.39 is 0 Å². The van der Waals surface area contributed by atoms with Crippen molar-refractivity contribution in [3.05, 3.63) is 15.6 Å². The second-order valence-corrected chi connectivity index (χ2v) is 3.89.